The van der Waals surface area contributed by atoms with E-state index >= 15 is 0 Å². The third kappa shape index (κ3) is 2.77. The van der Waals surface area contributed by atoms with Crippen molar-refractivity contribution in [2.24, 2.45) is 0 Å². The number of likely N-dealkylation sites (tertiary alicyclic amines) is 1. The number of hydrogen-bond donors (Lipinski definition) is 2. The maximum absolute atomic E-state index is 11.5. The van der Waals surface area contributed by atoms with E-state index in [1.807, 2.05) is 4.90 Å². The Morgan fingerprint density at radius 1 is 1.29 bits per heavy atom. The lowest BCUT2D eigenvalue weighted by molar-refractivity contribution is -0.129. The molecule has 0 radical (unpaired) electrons. The van der Waals surface area contributed by atoms with Crippen molar-refractivity contribution in [1.29, 1.82) is 0 Å². The summed E-state index contributed by atoms with van der Waals surface area (Å²) >= 11 is 0. The Balaban J connectivity index is 1.87. The first-order valence-electron chi connectivity index (χ1n) is 7.97. The number of hydrogen-bond acceptors (Lipinski definition) is 3. The minimum absolute atomic E-state index is 0.206. The van der Waals surface area contributed by atoms with Gasteiger partial charge >= 0.3 is 0 Å². The van der Waals surface area contributed by atoms with E-state index in [9.17, 15) is 4.79 Å². The van der Waals surface area contributed by atoms with Gasteiger partial charge in [0.25, 0.3) is 0 Å². The van der Waals surface area contributed by atoms with E-state index in [0.717, 1.165) is 32.5 Å². The molecule has 1 amide bonds. The second-order valence-electron chi connectivity index (χ2n) is 6.55. The Labute approximate surface area is 126 Å². The number of benzene rings is 1. The van der Waals surface area contributed by atoms with Crippen molar-refractivity contribution >= 4 is 11.6 Å². The van der Waals surface area contributed by atoms with Gasteiger partial charge in [-0.3, -0.25) is 4.79 Å². The van der Waals surface area contributed by atoms with Gasteiger partial charge in [-0.05, 0) is 47.4 Å². The van der Waals surface area contributed by atoms with Crippen molar-refractivity contribution in [3.8, 4) is 0 Å². The standard InChI is InChI=1S/C17H25N3O/c1-11(2)14-8-15(16-10-18-19-17(16)9-14)13-4-6-20(7-5-13)12(3)21/h8-9,11,13,18-19H,4-7,10H2,1-3H3. The first-order valence-corrected chi connectivity index (χ1v) is 7.97. The largest absolute Gasteiger partial charge is 0.343 e. The number of amides is 1. The molecular weight excluding hydrogens is 262 g/mol. The van der Waals surface area contributed by atoms with Crippen LogP contribution in [0.3, 0.4) is 0 Å². The number of carbonyl (C=O) groups excluding carboxylic acids is 1. The zero-order valence-electron chi connectivity index (χ0n) is 13.2. The van der Waals surface area contributed by atoms with Crippen LogP contribution in [-0.2, 0) is 11.3 Å². The molecule has 0 aliphatic carbocycles. The molecule has 0 aromatic heterocycles. The van der Waals surface area contributed by atoms with Crippen LogP contribution >= 0.6 is 0 Å². The van der Waals surface area contributed by atoms with Crippen molar-refractivity contribution in [3.63, 3.8) is 0 Å². The van der Waals surface area contributed by atoms with Crippen molar-refractivity contribution in [2.75, 3.05) is 18.5 Å². The summed E-state index contributed by atoms with van der Waals surface area (Å²) in [5.74, 6) is 1.32. The summed E-state index contributed by atoms with van der Waals surface area (Å²) in [6, 6.07) is 4.67. The molecule has 0 bridgehead atoms. The predicted octanol–water partition coefficient (Wildman–Crippen LogP) is 2.97. The van der Waals surface area contributed by atoms with Crippen molar-refractivity contribution in [2.45, 2.75) is 52.0 Å². The molecule has 1 saturated heterocycles. The smallest absolute Gasteiger partial charge is 0.219 e. The highest BCUT2D eigenvalue weighted by atomic mass is 16.2. The lowest BCUT2D eigenvalue weighted by atomic mass is 9.83. The highest BCUT2D eigenvalue weighted by Gasteiger charge is 2.26. The average Bonchev–Trinajstić information content (AvgIpc) is 2.94. The van der Waals surface area contributed by atoms with Crippen molar-refractivity contribution < 1.29 is 4.79 Å². The summed E-state index contributed by atoms with van der Waals surface area (Å²) < 4.78 is 0. The number of hydrazine groups is 1. The molecule has 1 fully saturated rings. The molecule has 2 aliphatic heterocycles. The summed E-state index contributed by atoms with van der Waals surface area (Å²) in [6.45, 7) is 8.84. The Morgan fingerprint density at radius 3 is 2.62 bits per heavy atom. The molecule has 21 heavy (non-hydrogen) atoms. The van der Waals surface area contributed by atoms with Gasteiger partial charge in [-0.2, -0.15) is 0 Å². The van der Waals surface area contributed by atoms with Crippen LogP contribution in [0.25, 0.3) is 0 Å². The molecule has 2 N–H and O–H groups in total. The van der Waals surface area contributed by atoms with Crippen LogP contribution in [-0.4, -0.2) is 23.9 Å². The lowest BCUT2D eigenvalue weighted by Crippen LogP contribution is -2.36. The van der Waals surface area contributed by atoms with Gasteiger partial charge in [0, 0.05) is 26.6 Å². The number of carbonyl (C=O) groups is 1. The number of fused-ring (bicyclic) bond motifs is 1. The fourth-order valence-corrected chi connectivity index (χ4v) is 3.46. The Bertz CT molecular complexity index is 545. The van der Waals surface area contributed by atoms with Gasteiger partial charge in [-0.25, -0.2) is 5.43 Å². The van der Waals surface area contributed by atoms with Crippen molar-refractivity contribution in [1.82, 2.24) is 10.3 Å². The molecule has 1 aromatic carbocycles. The maximum Gasteiger partial charge on any atom is 0.219 e. The molecule has 0 atom stereocenters. The van der Waals surface area contributed by atoms with Crippen LogP contribution in [0.2, 0.25) is 0 Å². The van der Waals surface area contributed by atoms with Crippen LogP contribution in [0.1, 0.15) is 62.1 Å². The van der Waals surface area contributed by atoms with E-state index in [1.165, 1.54) is 22.4 Å². The van der Waals surface area contributed by atoms with E-state index in [2.05, 4.69) is 36.8 Å². The topological polar surface area (TPSA) is 44.4 Å². The monoisotopic (exact) mass is 287 g/mol. The SMILES string of the molecule is CC(=O)N1CCC(c2cc(C(C)C)cc3c2CNN3)CC1. The molecule has 2 aliphatic rings. The Kier molecular flexibility index (Phi) is 3.89. The van der Waals surface area contributed by atoms with Gasteiger partial charge in [0.05, 0.1) is 5.69 Å². The zero-order valence-corrected chi connectivity index (χ0v) is 13.2. The average molecular weight is 287 g/mol. The fraction of sp³-hybridized carbons (Fsp3) is 0.588. The van der Waals surface area contributed by atoms with Gasteiger partial charge in [-0.15, -0.1) is 0 Å². The zero-order chi connectivity index (χ0) is 15.0. The summed E-state index contributed by atoms with van der Waals surface area (Å²) in [5, 5.41) is 0. The predicted molar refractivity (Wildman–Crippen MR) is 85.2 cm³/mol. The number of rotatable bonds is 2. The first-order chi connectivity index (χ1) is 10.1. The lowest BCUT2D eigenvalue weighted by Gasteiger charge is -2.32. The summed E-state index contributed by atoms with van der Waals surface area (Å²) in [7, 11) is 0. The molecule has 0 spiro atoms. The minimum Gasteiger partial charge on any atom is -0.343 e. The first kappa shape index (κ1) is 14.4. The van der Waals surface area contributed by atoms with Crippen LogP contribution in [0.5, 0.6) is 0 Å². The highest BCUT2D eigenvalue weighted by molar-refractivity contribution is 5.73. The normalized spacial score (nSPS) is 18.8. The summed E-state index contributed by atoms with van der Waals surface area (Å²) in [5.41, 5.74) is 12.1. The molecule has 2 heterocycles. The number of piperidine rings is 1. The third-order valence-corrected chi connectivity index (χ3v) is 4.84. The molecule has 4 nitrogen and oxygen atoms in total. The third-order valence-electron chi connectivity index (χ3n) is 4.84. The van der Waals surface area contributed by atoms with E-state index in [0.29, 0.717) is 11.8 Å². The van der Waals surface area contributed by atoms with Crippen LogP contribution in [0, 0.1) is 0 Å². The van der Waals surface area contributed by atoms with Crippen LogP contribution in [0.15, 0.2) is 12.1 Å². The molecule has 0 saturated carbocycles. The van der Waals surface area contributed by atoms with Gasteiger partial charge in [-0.1, -0.05) is 19.9 Å². The van der Waals surface area contributed by atoms with Gasteiger partial charge in [0.1, 0.15) is 0 Å². The molecule has 3 rings (SSSR count). The van der Waals surface area contributed by atoms with Gasteiger partial charge < -0.3 is 10.3 Å². The Hall–Kier alpha value is -1.55. The minimum atomic E-state index is 0.206. The van der Waals surface area contributed by atoms with Crippen molar-refractivity contribution in [3.05, 3.63) is 28.8 Å². The van der Waals surface area contributed by atoms with E-state index in [-0.39, 0.29) is 5.91 Å². The van der Waals surface area contributed by atoms with E-state index in [4.69, 9.17) is 0 Å². The quantitative estimate of drug-likeness (QED) is 0.879. The molecule has 1 aromatic rings. The second-order valence-corrected chi connectivity index (χ2v) is 6.55. The second kappa shape index (κ2) is 5.68. The summed E-state index contributed by atoms with van der Waals surface area (Å²) in [6.07, 6.45) is 2.15. The van der Waals surface area contributed by atoms with Gasteiger partial charge in [0.2, 0.25) is 5.91 Å². The van der Waals surface area contributed by atoms with Crippen LogP contribution in [0.4, 0.5) is 5.69 Å². The van der Waals surface area contributed by atoms with E-state index in [1.54, 1.807) is 6.92 Å². The van der Waals surface area contributed by atoms with E-state index < -0.39 is 0 Å². The molecular formula is C17H25N3O. The molecule has 114 valence electrons. The molecule has 4 heteroatoms. The Morgan fingerprint density at radius 2 is 2.00 bits per heavy atom. The number of anilines is 1. The maximum atomic E-state index is 11.5. The fourth-order valence-electron chi connectivity index (χ4n) is 3.46. The highest BCUT2D eigenvalue weighted by Crippen LogP contribution is 2.37. The number of nitrogens with one attached hydrogen (secondary N) is 2. The van der Waals surface area contributed by atoms with Crippen LogP contribution < -0.4 is 10.9 Å². The summed E-state index contributed by atoms with van der Waals surface area (Å²) in [4.78, 5) is 13.5. The number of nitrogens with zero attached hydrogens (tertiary/aromatic N) is 1. The molecule has 0 unspecified atom stereocenters. The van der Waals surface area contributed by atoms with Gasteiger partial charge in [0.15, 0.2) is 0 Å².